The summed E-state index contributed by atoms with van der Waals surface area (Å²) in [5.74, 6) is 12.6. The highest BCUT2D eigenvalue weighted by Crippen LogP contribution is 2.39. The third kappa shape index (κ3) is 2.81. The molecule has 0 saturated heterocycles. The molecule has 0 atom stereocenters. The summed E-state index contributed by atoms with van der Waals surface area (Å²) in [4.78, 5) is 0. The fraction of sp³-hybridized carbons (Fsp3) is 0. The lowest BCUT2D eigenvalue weighted by molar-refractivity contribution is 1.67. The van der Waals surface area contributed by atoms with Crippen molar-refractivity contribution >= 4 is 73.3 Å². The molecule has 118 valence electrons. The standard InChI is InChI=1S/C24H6Si4/c25-9-5-15-13-17(7-11-27)21-3-4-22-18(8-12-28)14-16(6-10-26)20-2-1-19(15)23(21)24(20)22/h1-4,13-14H. The molecule has 0 N–H and O–H groups in total. The molecule has 0 aromatic heterocycles. The summed E-state index contributed by atoms with van der Waals surface area (Å²) in [6.07, 6.45) is 0. The van der Waals surface area contributed by atoms with Crippen LogP contribution >= 0.6 is 0 Å². The Morgan fingerprint density at radius 1 is 0.429 bits per heavy atom. The molecule has 0 nitrogen and oxygen atoms in total. The van der Waals surface area contributed by atoms with Gasteiger partial charge in [-0.1, -0.05) is 47.9 Å². The number of benzene rings is 4. The first-order valence-corrected chi connectivity index (χ1v) is 10.2. The molecule has 4 aromatic carbocycles. The zero-order chi connectivity index (χ0) is 19.7. The van der Waals surface area contributed by atoms with Crippen molar-refractivity contribution in [1.29, 1.82) is 0 Å². The highest BCUT2D eigenvalue weighted by molar-refractivity contribution is 6.29. The van der Waals surface area contributed by atoms with Crippen LogP contribution in [0, 0.1) is 45.9 Å². The predicted octanol–water partition coefficient (Wildman–Crippen LogP) is 2.49. The van der Waals surface area contributed by atoms with Crippen LogP contribution < -0.4 is 0 Å². The van der Waals surface area contributed by atoms with Gasteiger partial charge in [-0.15, -0.1) is 22.2 Å². The van der Waals surface area contributed by atoms with Crippen LogP contribution in [0.1, 0.15) is 22.3 Å². The van der Waals surface area contributed by atoms with Gasteiger partial charge in [0.25, 0.3) is 0 Å². The van der Waals surface area contributed by atoms with Crippen molar-refractivity contribution in [3.05, 3.63) is 58.7 Å². The molecule has 0 unspecified atom stereocenters. The van der Waals surface area contributed by atoms with Crippen LogP contribution in [0.5, 0.6) is 0 Å². The van der Waals surface area contributed by atoms with E-state index in [1.807, 2.05) is 12.1 Å². The maximum absolute atomic E-state index is 3.28. The summed E-state index contributed by atoms with van der Waals surface area (Å²) < 4.78 is 0. The van der Waals surface area contributed by atoms with Crippen LogP contribution in [0.3, 0.4) is 0 Å². The molecule has 0 fully saturated rings. The Bertz CT molecular complexity index is 1290. The van der Waals surface area contributed by atoms with Crippen LogP contribution in [0.25, 0.3) is 32.3 Å². The second-order valence-electron chi connectivity index (χ2n) is 6.01. The Kier molecular flexibility index (Phi) is 4.97. The third-order valence-electron chi connectivity index (χ3n) is 4.69. The second-order valence-corrected chi connectivity index (χ2v) is 7.01. The van der Waals surface area contributed by atoms with E-state index in [0.717, 1.165) is 54.6 Å². The molecule has 4 rings (SSSR count). The normalized spacial score (nSPS) is 9.71. The van der Waals surface area contributed by atoms with Crippen molar-refractivity contribution in [2.45, 2.75) is 0 Å². The topological polar surface area (TPSA) is 0 Å². The molecule has 28 heavy (non-hydrogen) atoms. The minimum atomic E-state index is 0.922. The molecule has 0 aliphatic heterocycles. The predicted molar refractivity (Wildman–Crippen MR) is 121 cm³/mol. The van der Waals surface area contributed by atoms with E-state index in [4.69, 9.17) is 0 Å². The average Bonchev–Trinajstić information content (AvgIpc) is 2.70. The lowest BCUT2D eigenvalue weighted by atomic mass is 9.86. The van der Waals surface area contributed by atoms with Crippen LogP contribution in [0.4, 0.5) is 0 Å². The first kappa shape index (κ1) is 18.4. The van der Waals surface area contributed by atoms with Gasteiger partial charge in [0.15, 0.2) is 0 Å². The van der Waals surface area contributed by atoms with Gasteiger partial charge in [-0.2, -0.15) is 0 Å². The molecule has 0 amide bonds. The summed E-state index contributed by atoms with van der Waals surface area (Å²) in [7, 11) is 13.1. The highest BCUT2D eigenvalue weighted by atomic mass is 28.2. The second kappa shape index (κ2) is 7.57. The molecule has 0 heterocycles. The molecule has 12 radical (unpaired) electrons. The summed E-state index contributed by atoms with van der Waals surface area (Å²) in [5, 5.41) is 6.58. The highest BCUT2D eigenvalue weighted by Gasteiger charge is 2.16. The van der Waals surface area contributed by atoms with E-state index >= 15 is 0 Å². The fourth-order valence-corrected chi connectivity index (χ4v) is 4.21. The van der Waals surface area contributed by atoms with Crippen LogP contribution in [0.15, 0.2) is 36.4 Å². The molecule has 0 bridgehead atoms. The van der Waals surface area contributed by atoms with Crippen molar-refractivity contribution in [1.82, 2.24) is 0 Å². The van der Waals surface area contributed by atoms with Gasteiger partial charge in [0, 0.05) is 22.3 Å². The van der Waals surface area contributed by atoms with Crippen molar-refractivity contribution in [2.24, 2.45) is 0 Å². The SMILES string of the molecule is [Si]C#Cc1cc(C#C[Si])c2ccc3c(C#C[Si])cc(C#C[Si])c4ccc1c2c43. The van der Waals surface area contributed by atoms with Gasteiger partial charge in [0.05, 0.1) is 0 Å². The Balaban J connectivity index is 2.37. The molecule has 0 spiro atoms. The van der Waals surface area contributed by atoms with Gasteiger partial charge in [-0.3, -0.25) is 0 Å². The van der Waals surface area contributed by atoms with E-state index in [9.17, 15) is 0 Å². The average molecular weight is 407 g/mol. The molecule has 0 aliphatic carbocycles. The van der Waals surface area contributed by atoms with E-state index in [2.05, 4.69) is 111 Å². The van der Waals surface area contributed by atoms with Gasteiger partial charge < -0.3 is 0 Å². The minimum absolute atomic E-state index is 0.922. The van der Waals surface area contributed by atoms with Gasteiger partial charge in [0.1, 0.15) is 41.0 Å². The van der Waals surface area contributed by atoms with Gasteiger partial charge in [0.2, 0.25) is 0 Å². The van der Waals surface area contributed by atoms with Crippen LogP contribution in [-0.4, -0.2) is 41.0 Å². The maximum atomic E-state index is 3.28. The first-order chi connectivity index (χ1) is 13.7. The lowest BCUT2D eigenvalue weighted by Crippen LogP contribution is -1.94. The molecular weight excluding hydrogens is 401 g/mol. The smallest absolute Gasteiger partial charge is 0.133 e. The largest absolute Gasteiger partial charge is 0.147 e. The summed E-state index contributed by atoms with van der Waals surface area (Å²) in [5.41, 5.74) is 15.0. The molecular formula is C24H6Si4. The fourth-order valence-electron chi connectivity index (χ4n) is 3.68. The summed E-state index contributed by atoms with van der Waals surface area (Å²) in [6.45, 7) is 0. The van der Waals surface area contributed by atoms with Crippen LogP contribution in [0.2, 0.25) is 0 Å². The van der Waals surface area contributed by atoms with E-state index < -0.39 is 0 Å². The van der Waals surface area contributed by atoms with Crippen molar-refractivity contribution < 1.29 is 0 Å². The van der Waals surface area contributed by atoms with E-state index in [0.29, 0.717) is 0 Å². The molecule has 4 heteroatoms. The van der Waals surface area contributed by atoms with Gasteiger partial charge in [-0.05, 0) is 44.5 Å². The zero-order valence-corrected chi connectivity index (χ0v) is 18.5. The minimum Gasteiger partial charge on any atom is -0.133 e. The quantitative estimate of drug-likeness (QED) is 0.239. The monoisotopic (exact) mass is 406 g/mol. The number of hydrogen-bond acceptors (Lipinski definition) is 0. The van der Waals surface area contributed by atoms with Gasteiger partial charge >= 0.3 is 0 Å². The summed E-state index contributed by atoms with van der Waals surface area (Å²) >= 11 is 0. The molecule has 4 aromatic rings. The third-order valence-corrected chi connectivity index (χ3v) is 5.19. The van der Waals surface area contributed by atoms with Gasteiger partial charge in [-0.25, -0.2) is 0 Å². The Morgan fingerprint density at radius 2 is 0.679 bits per heavy atom. The summed E-state index contributed by atoms with van der Waals surface area (Å²) in [6, 6.07) is 12.5. The Morgan fingerprint density at radius 3 is 0.893 bits per heavy atom. The van der Waals surface area contributed by atoms with Crippen molar-refractivity contribution in [3.63, 3.8) is 0 Å². The Labute approximate surface area is 177 Å². The number of rotatable bonds is 0. The van der Waals surface area contributed by atoms with Crippen molar-refractivity contribution in [2.75, 3.05) is 0 Å². The van der Waals surface area contributed by atoms with Crippen molar-refractivity contribution in [3.8, 4) is 45.9 Å². The van der Waals surface area contributed by atoms with E-state index in [1.54, 1.807) is 0 Å². The van der Waals surface area contributed by atoms with Crippen LogP contribution in [-0.2, 0) is 0 Å². The number of hydrogen-bond donors (Lipinski definition) is 0. The Hall–Kier alpha value is -2.97. The first-order valence-electron chi connectivity index (χ1n) is 8.23. The lowest BCUT2D eigenvalue weighted by Gasteiger charge is -2.16. The van der Waals surface area contributed by atoms with E-state index in [1.165, 1.54) is 0 Å². The van der Waals surface area contributed by atoms with E-state index in [-0.39, 0.29) is 0 Å². The molecule has 0 aliphatic rings. The zero-order valence-electron chi connectivity index (χ0n) is 14.5. The molecule has 0 saturated carbocycles. The maximum Gasteiger partial charge on any atom is 0.147 e.